The van der Waals surface area contributed by atoms with Crippen LogP contribution >= 0.6 is 27.7 Å². The number of esters is 1. The number of carbonyl (C=O) groups is 5. The lowest BCUT2D eigenvalue weighted by Gasteiger charge is -2.49. The van der Waals surface area contributed by atoms with Crippen molar-refractivity contribution in [3.8, 4) is 0 Å². The van der Waals surface area contributed by atoms with E-state index >= 15 is 0 Å². The number of Topliss-reactive ketones (excluding diaryl/α,β-unsaturated/α-hetero) is 1. The van der Waals surface area contributed by atoms with E-state index in [9.17, 15) is 29.1 Å². The number of nitrogens with zero attached hydrogens (tertiary/aromatic N) is 2. The number of halogens is 1. The van der Waals surface area contributed by atoms with Gasteiger partial charge in [0.1, 0.15) is 23.7 Å². The molecule has 13 heteroatoms. The molecule has 2 aliphatic rings. The number of hydrogen-bond donors (Lipinski definition) is 3. The molecule has 2 amide bonds. The second-order valence-corrected chi connectivity index (χ2v) is 7.07. The average Bonchev–Trinajstić information content (AvgIpc) is 2.63. The van der Waals surface area contributed by atoms with E-state index in [1.165, 1.54) is 6.92 Å². The molecule has 0 bridgehead atoms. The first-order valence-corrected chi connectivity index (χ1v) is 9.55. The number of fused-ring (bicyclic) bond motifs is 1. The molecule has 2 rings (SSSR count). The lowest BCUT2D eigenvalue weighted by Crippen LogP contribution is -2.71. The molecule has 3 N–H and O–H groups in total. The fraction of sp³-hybridized carbons (Fsp3) is 0.429. The molecule has 0 aromatic heterocycles. The highest BCUT2D eigenvalue weighted by Gasteiger charge is 2.54. The lowest BCUT2D eigenvalue weighted by molar-refractivity contribution is -0.150. The maximum atomic E-state index is 12.4. The van der Waals surface area contributed by atoms with Crippen molar-refractivity contribution in [3.05, 3.63) is 11.3 Å². The Hall–Kier alpha value is -2.41. The highest BCUT2D eigenvalue weighted by Crippen LogP contribution is 2.40. The summed E-state index contributed by atoms with van der Waals surface area (Å²) >= 11 is 4.00. The van der Waals surface area contributed by atoms with Crippen molar-refractivity contribution < 1.29 is 39.0 Å². The number of β-lactam (4-membered cyclic amide) rings is 1. The molecule has 1 fully saturated rings. The Balaban J connectivity index is 2.17. The predicted octanol–water partition coefficient (Wildman–Crippen LogP) is -0.918. The van der Waals surface area contributed by atoms with Crippen LogP contribution in [0.3, 0.4) is 0 Å². The number of ether oxygens (including phenoxy) is 1. The molecule has 0 unspecified atom stereocenters. The number of amides is 2. The maximum Gasteiger partial charge on any atom is 0.352 e. The molecule has 0 aromatic carbocycles. The number of ketones is 1. The fourth-order valence-electron chi connectivity index (χ4n) is 2.48. The highest BCUT2D eigenvalue weighted by atomic mass is 79.9. The Labute approximate surface area is 164 Å². The van der Waals surface area contributed by atoms with Crippen molar-refractivity contribution in [1.29, 1.82) is 0 Å². The quantitative estimate of drug-likeness (QED) is 0.0823. The molecule has 0 aliphatic carbocycles. The molecule has 1 saturated heterocycles. The molecule has 0 radical (unpaired) electrons. The summed E-state index contributed by atoms with van der Waals surface area (Å²) in [5, 5.41) is 22.2. The number of aliphatic carboxylic acids is 1. The summed E-state index contributed by atoms with van der Waals surface area (Å²) in [6.07, 6.45) is 0. The number of alkyl halides is 1. The number of rotatable bonds is 7. The van der Waals surface area contributed by atoms with Gasteiger partial charge in [-0.2, -0.15) is 0 Å². The zero-order valence-electron chi connectivity index (χ0n) is 13.8. The van der Waals surface area contributed by atoms with Crippen LogP contribution < -0.4 is 5.32 Å². The number of carboxylic acids is 1. The number of hydrogen-bond acceptors (Lipinski definition) is 9. The van der Waals surface area contributed by atoms with E-state index in [1.807, 2.05) is 0 Å². The van der Waals surface area contributed by atoms with Crippen LogP contribution in [0.2, 0.25) is 0 Å². The summed E-state index contributed by atoms with van der Waals surface area (Å²) in [5.74, 6) is -4.34. The molecule has 2 atom stereocenters. The van der Waals surface area contributed by atoms with E-state index in [1.54, 1.807) is 0 Å². The maximum absolute atomic E-state index is 12.4. The first kappa shape index (κ1) is 20.9. The number of nitrogens with one attached hydrogen (secondary N) is 1. The minimum absolute atomic E-state index is 0.164. The van der Waals surface area contributed by atoms with Gasteiger partial charge in [0.05, 0.1) is 5.33 Å². The van der Waals surface area contributed by atoms with Gasteiger partial charge in [0, 0.05) is 18.2 Å². The molecule has 2 heterocycles. The predicted molar refractivity (Wildman–Crippen MR) is 94.3 cm³/mol. The van der Waals surface area contributed by atoms with Gasteiger partial charge >= 0.3 is 11.9 Å². The Kier molecular flexibility index (Phi) is 6.59. The molecule has 0 saturated carbocycles. The van der Waals surface area contributed by atoms with Crippen LogP contribution in [-0.4, -0.2) is 79.6 Å². The zero-order chi connectivity index (χ0) is 20.3. The van der Waals surface area contributed by atoms with Crippen LogP contribution in [0.5, 0.6) is 0 Å². The number of thioether (sulfide) groups is 1. The first-order chi connectivity index (χ1) is 12.7. The summed E-state index contributed by atoms with van der Waals surface area (Å²) in [7, 11) is 0. The van der Waals surface area contributed by atoms with Gasteiger partial charge in [-0.15, -0.1) is 11.8 Å². The van der Waals surface area contributed by atoms with Crippen LogP contribution in [0.1, 0.15) is 6.92 Å². The third-order valence-corrected chi connectivity index (χ3v) is 5.54. The third kappa shape index (κ3) is 4.13. The van der Waals surface area contributed by atoms with Crippen LogP contribution in [0.25, 0.3) is 0 Å². The van der Waals surface area contributed by atoms with Gasteiger partial charge in [0.2, 0.25) is 11.5 Å². The SMILES string of the molecule is CC(=O)OCC1=C(C(=O)O)N2C(=O)[C@@H](NC(=O)C(=NO)C(=O)CBr)[C@H]2SC1. The number of carboxylic acid groups (broad SMARTS) is 1. The molecule has 2 aliphatic heterocycles. The van der Waals surface area contributed by atoms with Gasteiger partial charge in [-0.3, -0.25) is 24.1 Å². The molecule has 0 spiro atoms. The van der Waals surface area contributed by atoms with Gasteiger partial charge in [0.15, 0.2) is 0 Å². The summed E-state index contributed by atoms with van der Waals surface area (Å²) in [4.78, 5) is 59.4. The van der Waals surface area contributed by atoms with Gasteiger partial charge in [-0.25, -0.2) is 4.79 Å². The third-order valence-electron chi connectivity index (χ3n) is 3.69. The van der Waals surface area contributed by atoms with Crippen LogP contribution in [0.15, 0.2) is 16.4 Å². The van der Waals surface area contributed by atoms with Crippen LogP contribution in [0.4, 0.5) is 0 Å². The molecule has 27 heavy (non-hydrogen) atoms. The molecular formula is C14H14BrN3O8S. The number of oxime groups is 1. The Morgan fingerprint density at radius 2 is 2.07 bits per heavy atom. The van der Waals surface area contributed by atoms with E-state index < -0.39 is 46.7 Å². The smallest absolute Gasteiger partial charge is 0.352 e. The molecular weight excluding hydrogens is 450 g/mol. The highest BCUT2D eigenvalue weighted by molar-refractivity contribution is 9.09. The van der Waals surface area contributed by atoms with Crippen molar-refractivity contribution in [2.45, 2.75) is 18.3 Å². The van der Waals surface area contributed by atoms with E-state index in [0.717, 1.165) is 16.7 Å². The Morgan fingerprint density at radius 1 is 1.41 bits per heavy atom. The van der Waals surface area contributed by atoms with E-state index in [-0.39, 0.29) is 29.0 Å². The molecule has 0 aromatic rings. The minimum Gasteiger partial charge on any atom is -0.477 e. The van der Waals surface area contributed by atoms with Crippen molar-refractivity contribution in [1.82, 2.24) is 10.2 Å². The van der Waals surface area contributed by atoms with Crippen molar-refractivity contribution in [2.75, 3.05) is 17.7 Å². The fourth-order valence-corrected chi connectivity index (χ4v) is 4.08. The Bertz CT molecular complexity index is 780. The lowest BCUT2D eigenvalue weighted by atomic mass is 10.0. The van der Waals surface area contributed by atoms with Gasteiger partial charge in [-0.1, -0.05) is 21.1 Å². The van der Waals surface area contributed by atoms with Gasteiger partial charge in [-0.05, 0) is 0 Å². The topological polar surface area (TPSA) is 163 Å². The monoisotopic (exact) mass is 463 g/mol. The second kappa shape index (κ2) is 8.52. The minimum atomic E-state index is -1.37. The van der Waals surface area contributed by atoms with Crippen molar-refractivity contribution >= 4 is 62.9 Å². The van der Waals surface area contributed by atoms with E-state index in [2.05, 4.69) is 26.4 Å². The van der Waals surface area contributed by atoms with Crippen molar-refractivity contribution in [3.63, 3.8) is 0 Å². The first-order valence-electron chi connectivity index (χ1n) is 7.38. The average molecular weight is 464 g/mol. The molecule has 11 nitrogen and oxygen atoms in total. The van der Waals surface area contributed by atoms with Crippen molar-refractivity contribution in [2.24, 2.45) is 5.16 Å². The summed E-state index contributed by atoms with van der Waals surface area (Å²) < 4.78 is 4.81. The van der Waals surface area contributed by atoms with Crippen LogP contribution in [-0.2, 0) is 28.7 Å². The largest absolute Gasteiger partial charge is 0.477 e. The zero-order valence-corrected chi connectivity index (χ0v) is 16.2. The Morgan fingerprint density at radius 3 is 2.59 bits per heavy atom. The van der Waals surface area contributed by atoms with Crippen LogP contribution in [0, 0.1) is 0 Å². The summed E-state index contributed by atoms with van der Waals surface area (Å²) in [5.41, 5.74) is -0.823. The van der Waals surface area contributed by atoms with Gasteiger partial charge in [0.25, 0.3) is 11.8 Å². The molecule has 146 valence electrons. The number of carbonyl (C=O) groups excluding carboxylic acids is 4. The second-order valence-electron chi connectivity index (χ2n) is 5.40. The normalized spacial score (nSPS) is 21.9. The van der Waals surface area contributed by atoms with E-state index in [4.69, 9.17) is 9.94 Å². The van der Waals surface area contributed by atoms with E-state index in [0.29, 0.717) is 0 Å². The standard InChI is InChI=1S/C14H14BrN3O8S/c1-5(19)26-3-6-4-27-13-9(12(22)18(13)10(6)14(23)24)16-11(21)8(17-25)7(20)2-15/h9,13,25H,2-4H2,1H3,(H,16,21)(H,23,24)/t9-,13-/m1/s1. The van der Waals surface area contributed by atoms with Gasteiger partial charge < -0.3 is 20.4 Å². The summed E-state index contributed by atoms with van der Waals surface area (Å²) in [6.45, 7) is 0.910. The summed E-state index contributed by atoms with van der Waals surface area (Å²) in [6, 6.07) is -1.09.